The minimum atomic E-state index is -0.472. The van der Waals surface area contributed by atoms with Crippen LogP contribution in [-0.4, -0.2) is 84.0 Å². The number of ether oxygens (including phenoxy) is 3. The van der Waals surface area contributed by atoms with Crippen LogP contribution in [0.4, 0.5) is 4.79 Å². The maximum absolute atomic E-state index is 13.6. The number of hydrogen-bond donors (Lipinski definition) is 1. The molecule has 1 heterocycles. The van der Waals surface area contributed by atoms with Crippen molar-refractivity contribution in [1.82, 2.24) is 9.80 Å². The first-order valence-electron chi connectivity index (χ1n) is 13.2. The average Bonchev–Trinajstić information content (AvgIpc) is 3.24. The van der Waals surface area contributed by atoms with Crippen molar-refractivity contribution in [3.63, 3.8) is 0 Å². The number of nitrogens with zero attached hydrogens (tertiary/aromatic N) is 3. The number of nitriles is 1. The van der Waals surface area contributed by atoms with E-state index in [4.69, 9.17) is 19.9 Å². The zero-order valence-corrected chi connectivity index (χ0v) is 21.6. The minimum absolute atomic E-state index is 0.245. The molecule has 4 aliphatic carbocycles. The molecule has 0 aromatic carbocycles. The summed E-state index contributed by atoms with van der Waals surface area (Å²) in [6.07, 6.45) is 6.95. The molecule has 5 rings (SSSR count). The van der Waals surface area contributed by atoms with E-state index in [1.54, 1.807) is 0 Å². The number of nitrogens with two attached hydrogens (primary N) is 1. The fraction of sp³-hybridized carbons (Fsp3) is 0.885. The molecule has 9 heteroatoms. The first kappa shape index (κ1) is 26.2. The van der Waals surface area contributed by atoms with Crippen LogP contribution in [0.3, 0.4) is 0 Å². The monoisotopic (exact) mass is 490 g/mol. The summed E-state index contributed by atoms with van der Waals surface area (Å²) in [5.74, 6) is 0.738. The third-order valence-corrected chi connectivity index (χ3v) is 8.24. The van der Waals surface area contributed by atoms with Gasteiger partial charge in [0.05, 0.1) is 37.0 Å². The Morgan fingerprint density at radius 2 is 1.86 bits per heavy atom. The van der Waals surface area contributed by atoms with E-state index in [1.807, 2.05) is 25.7 Å². The highest BCUT2D eigenvalue weighted by atomic mass is 16.6. The molecular weight excluding hydrogens is 448 g/mol. The van der Waals surface area contributed by atoms with Gasteiger partial charge in [-0.05, 0) is 84.0 Å². The molecule has 2 unspecified atom stereocenters. The molecule has 3 atom stereocenters. The van der Waals surface area contributed by atoms with Crippen molar-refractivity contribution in [2.45, 2.75) is 94.9 Å². The predicted molar refractivity (Wildman–Crippen MR) is 129 cm³/mol. The van der Waals surface area contributed by atoms with E-state index in [0.29, 0.717) is 51.2 Å². The lowest BCUT2D eigenvalue weighted by Crippen LogP contribution is -2.70. The molecule has 2 amide bonds. The summed E-state index contributed by atoms with van der Waals surface area (Å²) >= 11 is 0. The van der Waals surface area contributed by atoms with Crippen molar-refractivity contribution in [1.29, 1.82) is 5.26 Å². The maximum atomic E-state index is 13.6. The molecule has 5 fully saturated rings. The van der Waals surface area contributed by atoms with Gasteiger partial charge in [-0.15, -0.1) is 0 Å². The summed E-state index contributed by atoms with van der Waals surface area (Å²) in [7, 11) is 0. The van der Waals surface area contributed by atoms with Gasteiger partial charge in [-0.25, -0.2) is 4.79 Å². The molecular formula is C26H42N4O5. The van der Waals surface area contributed by atoms with Gasteiger partial charge in [-0.3, -0.25) is 9.69 Å². The van der Waals surface area contributed by atoms with Crippen LogP contribution in [0, 0.1) is 23.2 Å². The van der Waals surface area contributed by atoms with E-state index in [9.17, 15) is 14.9 Å². The molecule has 196 valence electrons. The van der Waals surface area contributed by atoms with Gasteiger partial charge in [-0.2, -0.15) is 5.26 Å². The van der Waals surface area contributed by atoms with Crippen molar-refractivity contribution in [2.24, 2.45) is 17.6 Å². The third kappa shape index (κ3) is 5.45. The predicted octanol–water partition coefficient (Wildman–Crippen LogP) is 2.82. The highest BCUT2D eigenvalue weighted by molar-refractivity contribution is 5.81. The number of likely N-dealkylation sites (tertiary alicyclic amines) is 1. The Labute approximate surface area is 209 Å². The molecule has 4 bridgehead atoms. The minimum Gasteiger partial charge on any atom is -0.439 e. The second kappa shape index (κ2) is 10.2. The zero-order valence-electron chi connectivity index (χ0n) is 21.6. The molecule has 4 saturated carbocycles. The quantitative estimate of drug-likeness (QED) is 0.494. The Morgan fingerprint density at radius 1 is 1.14 bits per heavy atom. The van der Waals surface area contributed by atoms with Gasteiger partial charge in [0, 0.05) is 18.6 Å². The van der Waals surface area contributed by atoms with Crippen LogP contribution in [0.5, 0.6) is 0 Å². The first-order valence-corrected chi connectivity index (χ1v) is 13.2. The molecule has 2 N–H and O–H groups in total. The van der Waals surface area contributed by atoms with E-state index >= 15 is 0 Å². The van der Waals surface area contributed by atoms with Gasteiger partial charge in [0.2, 0.25) is 0 Å². The van der Waals surface area contributed by atoms with Gasteiger partial charge in [0.1, 0.15) is 6.04 Å². The molecule has 0 aromatic rings. The number of carbonyl (C=O) groups excluding carboxylic acids is 2. The number of hydrogen-bond acceptors (Lipinski definition) is 7. The standard InChI is InChI=1S/C26H42N4O5/c1-24(2,3)30(23(32)34-17-22(31)29-7-4-5-21(29)16-28)25-12-19-11-20(13-25)15-26(14-19,18-25)35-10-9-33-8-6-27/h19-21H,4-15,17-18,27H2,1-3H3/t19?,20?,21-,25?,26?/m0/s1. The summed E-state index contributed by atoms with van der Waals surface area (Å²) in [4.78, 5) is 29.8. The largest absolute Gasteiger partial charge is 0.439 e. The lowest BCUT2D eigenvalue weighted by Gasteiger charge is -2.65. The van der Waals surface area contributed by atoms with Crippen LogP contribution < -0.4 is 5.73 Å². The van der Waals surface area contributed by atoms with Crippen LogP contribution >= 0.6 is 0 Å². The number of rotatable bonds is 9. The van der Waals surface area contributed by atoms with Gasteiger partial charge in [0.15, 0.2) is 6.61 Å². The summed E-state index contributed by atoms with van der Waals surface area (Å²) in [5.41, 5.74) is 4.46. The van der Waals surface area contributed by atoms with E-state index in [1.165, 1.54) is 11.3 Å². The second-order valence-corrected chi connectivity index (χ2v) is 12.1. The number of carbonyl (C=O) groups is 2. The van der Waals surface area contributed by atoms with Gasteiger partial charge < -0.3 is 24.8 Å². The summed E-state index contributed by atoms with van der Waals surface area (Å²) < 4.78 is 17.7. The van der Waals surface area contributed by atoms with E-state index in [0.717, 1.165) is 38.5 Å². The van der Waals surface area contributed by atoms with Gasteiger partial charge in [0.25, 0.3) is 5.91 Å². The SMILES string of the molecule is CC(C)(C)N(C(=O)OCC(=O)N1CCC[C@H]1C#N)C12CC3CC(CC(OCCOCCN)(C3)C1)C2. The van der Waals surface area contributed by atoms with Crippen molar-refractivity contribution in [2.75, 3.05) is 39.5 Å². The zero-order chi connectivity index (χ0) is 25.3. The topological polar surface area (TPSA) is 118 Å². The van der Waals surface area contributed by atoms with Gasteiger partial charge >= 0.3 is 6.09 Å². The summed E-state index contributed by atoms with van der Waals surface area (Å²) in [5, 5.41) is 9.30. The first-order chi connectivity index (χ1) is 16.6. The Bertz CT molecular complexity index is 821. The molecule has 9 nitrogen and oxygen atoms in total. The molecule has 0 spiro atoms. The normalized spacial score (nSPS) is 33.6. The van der Waals surface area contributed by atoms with Crippen LogP contribution in [0.25, 0.3) is 0 Å². The highest BCUT2D eigenvalue weighted by Gasteiger charge is 2.63. The Balaban J connectivity index is 1.47. The molecule has 0 radical (unpaired) electrons. The smallest absolute Gasteiger partial charge is 0.411 e. The van der Waals surface area contributed by atoms with Crippen molar-refractivity contribution < 1.29 is 23.8 Å². The lowest BCUT2D eigenvalue weighted by atomic mass is 9.50. The van der Waals surface area contributed by atoms with E-state index < -0.39 is 17.7 Å². The highest BCUT2D eigenvalue weighted by Crippen LogP contribution is 2.61. The van der Waals surface area contributed by atoms with Crippen molar-refractivity contribution in [3.8, 4) is 6.07 Å². The fourth-order valence-corrected chi connectivity index (χ4v) is 7.71. The van der Waals surface area contributed by atoms with E-state index in [-0.39, 0.29) is 23.7 Å². The lowest BCUT2D eigenvalue weighted by molar-refractivity contribution is -0.208. The molecule has 1 saturated heterocycles. The van der Waals surface area contributed by atoms with Crippen LogP contribution in [0.1, 0.15) is 72.1 Å². The van der Waals surface area contributed by atoms with Crippen LogP contribution in [0.15, 0.2) is 0 Å². The van der Waals surface area contributed by atoms with Crippen molar-refractivity contribution in [3.05, 3.63) is 0 Å². The maximum Gasteiger partial charge on any atom is 0.411 e. The van der Waals surface area contributed by atoms with Gasteiger partial charge in [-0.1, -0.05) is 0 Å². The Hall–Kier alpha value is -1.89. The second-order valence-electron chi connectivity index (χ2n) is 12.1. The molecule has 0 aromatic heterocycles. The van der Waals surface area contributed by atoms with E-state index in [2.05, 4.69) is 6.07 Å². The van der Waals surface area contributed by atoms with Crippen LogP contribution in [0.2, 0.25) is 0 Å². The van der Waals surface area contributed by atoms with Crippen LogP contribution in [-0.2, 0) is 19.0 Å². The average molecular weight is 491 g/mol. The van der Waals surface area contributed by atoms with Crippen molar-refractivity contribution >= 4 is 12.0 Å². The Morgan fingerprint density at radius 3 is 2.49 bits per heavy atom. The summed E-state index contributed by atoms with van der Waals surface area (Å²) in [6.45, 7) is 8.40. The molecule has 1 aliphatic heterocycles. The number of amides is 2. The third-order valence-electron chi connectivity index (χ3n) is 8.24. The molecule has 5 aliphatic rings. The molecule has 35 heavy (non-hydrogen) atoms. The fourth-order valence-electron chi connectivity index (χ4n) is 7.71. The Kier molecular flexibility index (Phi) is 7.65. The summed E-state index contributed by atoms with van der Waals surface area (Å²) in [6, 6.07) is 1.75.